The molecule has 2 fully saturated rings. The highest BCUT2D eigenvalue weighted by atomic mass is 16.5. The maximum absolute atomic E-state index is 11.8. The second-order valence-electron chi connectivity index (χ2n) is 8.13. The number of aromatic carboxylic acids is 1. The van der Waals surface area contributed by atoms with Gasteiger partial charge < -0.3 is 19.5 Å². The summed E-state index contributed by atoms with van der Waals surface area (Å²) < 4.78 is 10.9. The summed E-state index contributed by atoms with van der Waals surface area (Å²) >= 11 is 0. The van der Waals surface area contributed by atoms with Crippen LogP contribution in [0.2, 0.25) is 0 Å². The zero-order chi connectivity index (χ0) is 21.6. The van der Waals surface area contributed by atoms with Gasteiger partial charge in [-0.25, -0.2) is 4.79 Å². The number of aromatic nitrogens is 1. The van der Waals surface area contributed by atoms with Crippen LogP contribution in [-0.4, -0.2) is 73.1 Å². The fraction of sp³-hybridized carbons (Fsp3) is 0.500. The van der Waals surface area contributed by atoms with Crippen LogP contribution in [0.1, 0.15) is 35.8 Å². The van der Waals surface area contributed by atoms with Gasteiger partial charge in [0.05, 0.1) is 24.5 Å². The molecule has 7 heteroatoms. The molecule has 4 rings (SSSR count). The fourth-order valence-corrected chi connectivity index (χ4v) is 4.39. The first-order chi connectivity index (χ1) is 15.1. The predicted octanol–water partition coefficient (Wildman–Crippen LogP) is 3.28. The molecule has 1 aromatic carbocycles. The number of carboxylic acids is 1. The minimum absolute atomic E-state index is 0.301. The van der Waals surface area contributed by atoms with Crippen LogP contribution in [0, 0.1) is 0 Å². The first kappa shape index (κ1) is 21.7. The summed E-state index contributed by atoms with van der Waals surface area (Å²) in [5.41, 5.74) is 4.07. The number of benzene rings is 1. The first-order valence-electron chi connectivity index (χ1n) is 11.1. The Bertz CT molecular complexity index is 875. The van der Waals surface area contributed by atoms with Crippen LogP contribution in [0.4, 0.5) is 5.69 Å². The Morgan fingerprint density at radius 1 is 1.10 bits per heavy atom. The summed E-state index contributed by atoms with van der Waals surface area (Å²) in [7, 11) is 0. The third kappa shape index (κ3) is 5.42. The second kappa shape index (κ2) is 10.2. The molecule has 2 aromatic rings. The van der Waals surface area contributed by atoms with Gasteiger partial charge in [0.15, 0.2) is 0 Å². The van der Waals surface area contributed by atoms with Crippen molar-refractivity contribution in [1.82, 2.24) is 9.88 Å². The van der Waals surface area contributed by atoms with E-state index in [2.05, 4.69) is 27.8 Å². The van der Waals surface area contributed by atoms with Gasteiger partial charge >= 0.3 is 5.97 Å². The monoisotopic (exact) mass is 425 g/mol. The number of hydrogen-bond acceptors (Lipinski definition) is 6. The van der Waals surface area contributed by atoms with E-state index >= 15 is 0 Å². The molecule has 166 valence electrons. The van der Waals surface area contributed by atoms with Crippen LogP contribution in [0.3, 0.4) is 0 Å². The molecule has 2 saturated heterocycles. The van der Waals surface area contributed by atoms with Crippen molar-refractivity contribution in [1.29, 1.82) is 0 Å². The van der Waals surface area contributed by atoms with Gasteiger partial charge in [0.2, 0.25) is 0 Å². The lowest BCUT2D eigenvalue weighted by atomic mass is 10.0. The molecule has 31 heavy (non-hydrogen) atoms. The molecular weight excluding hydrogens is 394 g/mol. The van der Waals surface area contributed by atoms with Gasteiger partial charge in [0, 0.05) is 62.9 Å². The van der Waals surface area contributed by atoms with E-state index in [-0.39, 0.29) is 0 Å². The Hall–Kier alpha value is -2.48. The van der Waals surface area contributed by atoms with E-state index in [1.165, 1.54) is 0 Å². The maximum Gasteiger partial charge on any atom is 0.335 e. The minimum Gasteiger partial charge on any atom is -0.478 e. The lowest BCUT2D eigenvalue weighted by Crippen LogP contribution is -2.39. The fourth-order valence-electron chi connectivity index (χ4n) is 4.39. The van der Waals surface area contributed by atoms with Crippen molar-refractivity contribution in [2.75, 3.05) is 51.0 Å². The number of carboxylic acid groups (broad SMARTS) is 1. The van der Waals surface area contributed by atoms with E-state index < -0.39 is 5.97 Å². The summed E-state index contributed by atoms with van der Waals surface area (Å²) in [5.74, 6) is -0.914. The number of rotatable bonds is 7. The van der Waals surface area contributed by atoms with E-state index in [4.69, 9.17) is 9.47 Å². The molecule has 2 aliphatic heterocycles. The number of pyridine rings is 1. The van der Waals surface area contributed by atoms with Crippen LogP contribution in [0.25, 0.3) is 11.1 Å². The number of nitrogens with zero attached hydrogens (tertiary/aromatic N) is 3. The van der Waals surface area contributed by atoms with Crippen molar-refractivity contribution in [3.63, 3.8) is 0 Å². The average Bonchev–Trinajstić information content (AvgIpc) is 2.81. The van der Waals surface area contributed by atoms with Crippen molar-refractivity contribution >= 4 is 11.7 Å². The van der Waals surface area contributed by atoms with Crippen molar-refractivity contribution in [2.45, 2.75) is 32.4 Å². The van der Waals surface area contributed by atoms with Gasteiger partial charge in [-0.05, 0) is 49.6 Å². The Morgan fingerprint density at radius 3 is 2.48 bits per heavy atom. The van der Waals surface area contributed by atoms with Gasteiger partial charge in [-0.2, -0.15) is 0 Å². The lowest BCUT2D eigenvalue weighted by Gasteiger charge is -2.35. The number of hydrogen-bond donors (Lipinski definition) is 1. The third-order valence-corrected chi connectivity index (χ3v) is 6.12. The Kier molecular flexibility index (Phi) is 7.17. The second-order valence-corrected chi connectivity index (χ2v) is 8.13. The highest BCUT2D eigenvalue weighted by Gasteiger charge is 2.22. The van der Waals surface area contributed by atoms with E-state index in [0.717, 1.165) is 88.0 Å². The molecule has 0 atom stereocenters. The van der Waals surface area contributed by atoms with Crippen LogP contribution in [0.5, 0.6) is 0 Å². The predicted molar refractivity (Wildman–Crippen MR) is 120 cm³/mol. The van der Waals surface area contributed by atoms with Gasteiger partial charge in [0.1, 0.15) is 0 Å². The summed E-state index contributed by atoms with van der Waals surface area (Å²) in [6.45, 7) is 8.63. The minimum atomic E-state index is -0.914. The van der Waals surface area contributed by atoms with Crippen LogP contribution >= 0.6 is 0 Å². The molecule has 0 aliphatic carbocycles. The highest BCUT2D eigenvalue weighted by Crippen LogP contribution is 2.30. The van der Waals surface area contributed by atoms with Crippen LogP contribution in [0.15, 0.2) is 36.5 Å². The number of morpholine rings is 1. The molecule has 0 amide bonds. The zero-order valence-electron chi connectivity index (χ0n) is 18.1. The molecule has 1 N–H and O–H groups in total. The van der Waals surface area contributed by atoms with Crippen LogP contribution < -0.4 is 4.90 Å². The molecule has 0 spiro atoms. The standard InChI is InChI=1S/C24H31N3O4/c1-2-27(22-5-9-30-10-6-22)23-14-19(13-20(15-23)24(28)29)18-3-4-21(25-16-18)17-26-7-11-31-12-8-26/h3-4,13-16,22H,2,5-12,17H2,1H3,(H,28,29). The normalized spacial score (nSPS) is 18.1. The van der Waals surface area contributed by atoms with E-state index in [1.807, 2.05) is 18.3 Å². The maximum atomic E-state index is 11.8. The molecule has 7 nitrogen and oxygen atoms in total. The summed E-state index contributed by atoms with van der Waals surface area (Å²) in [5, 5.41) is 9.70. The number of carbonyl (C=O) groups is 1. The summed E-state index contributed by atoms with van der Waals surface area (Å²) in [6.07, 6.45) is 3.77. The molecule has 0 radical (unpaired) electrons. The van der Waals surface area contributed by atoms with Crippen molar-refractivity contribution in [3.05, 3.63) is 47.8 Å². The Morgan fingerprint density at radius 2 is 1.84 bits per heavy atom. The van der Waals surface area contributed by atoms with Gasteiger partial charge in [0.25, 0.3) is 0 Å². The first-order valence-corrected chi connectivity index (χ1v) is 11.1. The SMILES string of the molecule is CCN(c1cc(C(=O)O)cc(-c2ccc(CN3CCOCC3)nc2)c1)C1CCOCC1. The van der Waals surface area contributed by atoms with E-state index in [9.17, 15) is 9.90 Å². The molecule has 0 unspecified atom stereocenters. The molecule has 2 aliphatic rings. The average molecular weight is 426 g/mol. The summed E-state index contributed by atoms with van der Waals surface area (Å²) in [4.78, 5) is 21.1. The largest absolute Gasteiger partial charge is 0.478 e. The Labute approximate surface area is 183 Å². The van der Waals surface area contributed by atoms with Crippen LogP contribution in [-0.2, 0) is 16.0 Å². The molecule has 0 saturated carbocycles. The lowest BCUT2D eigenvalue weighted by molar-refractivity contribution is 0.0336. The third-order valence-electron chi connectivity index (χ3n) is 6.12. The van der Waals surface area contributed by atoms with Gasteiger partial charge in [-0.3, -0.25) is 9.88 Å². The van der Waals surface area contributed by atoms with Crippen molar-refractivity contribution in [2.24, 2.45) is 0 Å². The highest BCUT2D eigenvalue weighted by molar-refractivity contribution is 5.91. The molecular formula is C24H31N3O4. The quantitative estimate of drug-likeness (QED) is 0.730. The van der Waals surface area contributed by atoms with E-state index in [0.29, 0.717) is 11.6 Å². The topological polar surface area (TPSA) is 75.1 Å². The van der Waals surface area contributed by atoms with Crippen molar-refractivity contribution < 1.29 is 19.4 Å². The Balaban J connectivity index is 1.58. The number of ether oxygens (including phenoxy) is 2. The van der Waals surface area contributed by atoms with Gasteiger partial charge in [-0.15, -0.1) is 0 Å². The summed E-state index contributed by atoms with van der Waals surface area (Å²) in [6, 6.07) is 10.0. The zero-order valence-corrected chi connectivity index (χ0v) is 18.1. The molecule has 1 aromatic heterocycles. The smallest absolute Gasteiger partial charge is 0.335 e. The number of anilines is 1. The van der Waals surface area contributed by atoms with Crippen molar-refractivity contribution in [3.8, 4) is 11.1 Å². The molecule has 0 bridgehead atoms. The van der Waals surface area contributed by atoms with E-state index in [1.54, 1.807) is 12.1 Å². The molecule has 3 heterocycles. The van der Waals surface area contributed by atoms with Gasteiger partial charge in [-0.1, -0.05) is 6.07 Å².